The molecule has 3 unspecified atom stereocenters. The van der Waals surface area contributed by atoms with Crippen molar-refractivity contribution in [2.24, 2.45) is 0 Å². The number of ether oxygens (including phenoxy) is 1. The first-order valence-electron chi connectivity index (χ1n) is 16.1. The number of hydrogen-bond donors (Lipinski definition) is 2. The van der Waals surface area contributed by atoms with Gasteiger partial charge >= 0.3 is 6.01 Å². The number of nitrogens with one attached hydrogen (secondary N) is 1. The summed E-state index contributed by atoms with van der Waals surface area (Å²) < 4.78 is 6.33. The lowest BCUT2D eigenvalue weighted by atomic mass is 9.97. The van der Waals surface area contributed by atoms with Crippen LogP contribution in [0.1, 0.15) is 38.5 Å². The Bertz CT molecular complexity index is 1800. The maximum atomic E-state index is 13.3. The van der Waals surface area contributed by atoms with E-state index >= 15 is 0 Å². The number of carbonyl (C=O) groups is 2. The van der Waals surface area contributed by atoms with Gasteiger partial charge in [0.2, 0.25) is 11.8 Å². The topological polar surface area (TPSA) is 111 Å². The van der Waals surface area contributed by atoms with Gasteiger partial charge in [0.1, 0.15) is 24.2 Å². The zero-order valence-electron chi connectivity index (χ0n) is 25.5. The van der Waals surface area contributed by atoms with Gasteiger partial charge in [-0.2, -0.15) is 9.97 Å². The summed E-state index contributed by atoms with van der Waals surface area (Å²) in [7, 11) is 2.13. The van der Waals surface area contributed by atoms with Crippen molar-refractivity contribution in [1.29, 1.82) is 0 Å². The molecule has 2 bridgehead atoms. The number of fused-ring (bicyclic) bond motifs is 4. The summed E-state index contributed by atoms with van der Waals surface area (Å²) in [6.45, 7) is 2.80. The Balaban J connectivity index is 1.17. The summed E-state index contributed by atoms with van der Waals surface area (Å²) in [5, 5.41) is 16.4. The van der Waals surface area contributed by atoms with E-state index in [0.29, 0.717) is 44.6 Å². The summed E-state index contributed by atoms with van der Waals surface area (Å²) in [5.41, 5.74) is 2.68. The summed E-state index contributed by atoms with van der Waals surface area (Å²) in [5.74, 6) is 1.04. The first kappa shape index (κ1) is 28.1. The summed E-state index contributed by atoms with van der Waals surface area (Å²) >= 11 is 0. The molecule has 5 heterocycles. The van der Waals surface area contributed by atoms with E-state index in [9.17, 15) is 14.7 Å². The largest absolute Gasteiger partial charge is 0.508 e. The Kier molecular flexibility index (Phi) is 6.97. The van der Waals surface area contributed by atoms with E-state index < -0.39 is 6.04 Å². The highest BCUT2D eigenvalue weighted by Crippen LogP contribution is 2.40. The molecule has 0 spiro atoms. The van der Waals surface area contributed by atoms with Crippen LogP contribution in [0.25, 0.3) is 32.8 Å². The van der Waals surface area contributed by atoms with Gasteiger partial charge in [-0.3, -0.25) is 9.59 Å². The second-order valence-electron chi connectivity index (χ2n) is 13.1. The van der Waals surface area contributed by atoms with Gasteiger partial charge in [-0.25, -0.2) is 0 Å². The smallest absolute Gasteiger partial charge is 0.319 e. The van der Waals surface area contributed by atoms with Crippen molar-refractivity contribution in [1.82, 2.24) is 25.1 Å². The van der Waals surface area contributed by atoms with E-state index in [4.69, 9.17) is 14.7 Å². The molecule has 4 atom stereocenters. The lowest BCUT2D eigenvalue weighted by molar-refractivity contribution is -0.135. The molecule has 4 aliphatic heterocycles. The Morgan fingerprint density at radius 2 is 1.82 bits per heavy atom. The number of likely N-dealkylation sites (tertiary alicyclic amines) is 2. The molecule has 0 radical (unpaired) electrons. The Hall–Kier alpha value is -4.44. The van der Waals surface area contributed by atoms with Crippen LogP contribution in [0, 0.1) is 0 Å². The fourth-order valence-electron chi connectivity index (χ4n) is 7.86. The third-order valence-corrected chi connectivity index (χ3v) is 10.2. The zero-order chi connectivity index (χ0) is 30.7. The molecule has 0 aliphatic carbocycles. The minimum atomic E-state index is -0.413. The van der Waals surface area contributed by atoms with E-state index in [1.165, 1.54) is 0 Å². The van der Waals surface area contributed by atoms with E-state index in [1.807, 2.05) is 29.2 Å². The molecule has 2 N–H and O–H groups in total. The average Bonchev–Trinajstić information content (AvgIpc) is 3.74. The standard InChI is InChI=1S/C35H38N6O4/c1-39-14-4-6-25(39)20-45-35-37-31-16-22(29-17-26(42)15-21-5-2-3-7-27(21)29)8-11-28(31)33(38-35)41-23-9-10-24(41)19-40(18-23)34(44)30-12-13-32(43)36-30/h2-3,5,7-8,11,15-17,23-25,30,42H,4,6,9-10,12-14,18-20H2,1H3,(H,36,43)/t23?,24?,25-,30?/m0/s1. The van der Waals surface area contributed by atoms with Crippen LogP contribution in [0.5, 0.6) is 11.8 Å². The first-order chi connectivity index (χ1) is 21.9. The molecule has 4 saturated heterocycles. The normalized spacial score (nSPS) is 25.0. The van der Waals surface area contributed by atoms with Gasteiger partial charge in [0.25, 0.3) is 0 Å². The molecule has 4 fully saturated rings. The van der Waals surface area contributed by atoms with E-state index in [0.717, 1.165) is 70.8 Å². The lowest BCUT2D eigenvalue weighted by Gasteiger charge is -2.42. The highest BCUT2D eigenvalue weighted by atomic mass is 16.5. The number of phenols is 1. The number of amides is 2. The zero-order valence-corrected chi connectivity index (χ0v) is 25.5. The second kappa shape index (κ2) is 11.2. The molecular formula is C35H38N6O4. The average molecular weight is 607 g/mol. The van der Waals surface area contributed by atoms with Crippen LogP contribution in [0.15, 0.2) is 54.6 Å². The Morgan fingerprint density at radius 1 is 1.00 bits per heavy atom. The van der Waals surface area contributed by atoms with Gasteiger partial charge in [0.05, 0.1) is 5.52 Å². The molecule has 232 valence electrons. The molecule has 3 aromatic carbocycles. The molecule has 45 heavy (non-hydrogen) atoms. The number of anilines is 1. The van der Waals surface area contributed by atoms with Crippen molar-refractivity contribution < 1.29 is 19.4 Å². The van der Waals surface area contributed by atoms with Crippen LogP contribution in [-0.2, 0) is 9.59 Å². The number of rotatable bonds is 6. The molecule has 4 aliphatic rings. The number of hydrogen-bond acceptors (Lipinski definition) is 8. The molecule has 4 aromatic rings. The summed E-state index contributed by atoms with van der Waals surface area (Å²) in [6.07, 6.45) is 5.16. The van der Waals surface area contributed by atoms with Crippen LogP contribution in [-0.4, -0.2) is 94.1 Å². The number of aromatic hydroxyl groups is 1. The molecule has 2 amide bonds. The summed E-state index contributed by atoms with van der Waals surface area (Å²) in [6, 6.07) is 18.4. The highest BCUT2D eigenvalue weighted by Gasteiger charge is 2.44. The number of likely N-dealkylation sites (N-methyl/N-ethyl adjacent to an activating group) is 1. The monoisotopic (exact) mass is 606 g/mol. The van der Waals surface area contributed by atoms with Crippen LogP contribution in [0.3, 0.4) is 0 Å². The predicted octanol–water partition coefficient (Wildman–Crippen LogP) is 4.09. The highest BCUT2D eigenvalue weighted by molar-refractivity contribution is 6.01. The van der Waals surface area contributed by atoms with Crippen molar-refractivity contribution in [2.45, 2.75) is 62.7 Å². The molecule has 10 nitrogen and oxygen atoms in total. The van der Waals surface area contributed by atoms with Crippen molar-refractivity contribution in [3.05, 3.63) is 54.6 Å². The van der Waals surface area contributed by atoms with Crippen molar-refractivity contribution in [2.75, 3.05) is 38.2 Å². The predicted molar refractivity (Wildman–Crippen MR) is 172 cm³/mol. The number of nitrogens with zero attached hydrogens (tertiary/aromatic N) is 5. The molecule has 0 saturated carbocycles. The fraction of sp³-hybridized carbons (Fsp3) is 0.429. The minimum absolute atomic E-state index is 0.0256. The van der Waals surface area contributed by atoms with Crippen LogP contribution < -0.4 is 15.0 Å². The van der Waals surface area contributed by atoms with E-state index in [1.54, 1.807) is 6.07 Å². The Labute approximate surface area is 262 Å². The number of aromatic nitrogens is 2. The van der Waals surface area contributed by atoms with Gasteiger partial charge in [-0.05, 0) is 91.9 Å². The minimum Gasteiger partial charge on any atom is -0.508 e. The van der Waals surface area contributed by atoms with E-state index in [-0.39, 0.29) is 29.6 Å². The van der Waals surface area contributed by atoms with Crippen LogP contribution >= 0.6 is 0 Å². The van der Waals surface area contributed by atoms with E-state index in [2.05, 4.69) is 46.4 Å². The molecule has 8 rings (SSSR count). The van der Waals surface area contributed by atoms with Crippen LogP contribution in [0.2, 0.25) is 0 Å². The summed E-state index contributed by atoms with van der Waals surface area (Å²) in [4.78, 5) is 41.8. The quantitative estimate of drug-likeness (QED) is 0.338. The number of phenolic OH excluding ortho intramolecular Hbond substituents is 1. The van der Waals surface area contributed by atoms with Gasteiger partial charge in [0.15, 0.2) is 0 Å². The van der Waals surface area contributed by atoms with Gasteiger partial charge in [-0.1, -0.05) is 30.3 Å². The van der Waals surface area contributed by atoms with Crippen molar-refractivity contribution in [3.63, 3.8) is 0 Å². The maximum Gasteiger partial charge on any atom is 0.319 e. The number of carbonyl (C=O) groups excluding carboxylic acids is 2. The first-order valence-corrected chi connectivity index (χ1v) is 16.1. The number of benzene rings is 3. The fourth-order valence-corrected chi connectivity index (χ4v) is 7.86. The SMILES string of the molecule is CN1CCC[C@H]1COc1nc(N2C3CCC2CN(C(=O)C2CCC(=O)N2)C3)c2ccc(-c3cc(O)cc4ccccc34)cc2n1. The van der Waals surface area contributed by atoms with Gasteiger partial charge in [-0.15, -0.1) is 0 Å². The molecular weight excluding hydrogens is 568 g/mol. The van der Waals surface area contributed by atoms with Gasteiger partial charge in [0, 0.05) is 43.0 Å². The Morgan fingerprint density at radius 3 is 2.58 bits per heavy atom. The molecule has 1 aromatic heterocycles. The third kappa shape index (κ3) is 5.10. The van der Waals surface area contributed by atoms with Gasteiger partial charge < -0.3 is 29.9 Å². The molecule has 10 heteroatoms. The lowest BCUT2D eigenvalue weighted by Crippen LogP contribution is -2.58. The number of piperazine rings is 1. The second-order valence-corrected chi connectivity index (χ2v) is 13.1. The van der Waals surface area contributed by atoms with Crippen molar-refractivity contribution in [3.8, 4) is 22.9 Å². The maximum absolute atomic E-state index is 13.3. The third-order valence-electron chi connectivity index (χ3n) is 10.2. The van der Waals surface area contributed by atoms with Crippen molar-refractivity contribution >= 4 is 39.3 Å². The van der Waals surface area contributed by atoms with Crippen LogP contribution in [0.4, 0.5) is 5.82 Å².